The van der Waals surface area contributed by atoms with Crippen LogP contribution in [0.3, 0.4) is 0 Å². The Balaban J connectivity index is 1.79. The molecule has 2 rings (SSSR count). The fraction of sp³-hybridized carbons (Fsp3) is 0.538. The molecule has 0 saturated carbocycles. The maximum absolute atomic E-state index is 4.18. The highest BCUT2D eigenvalue weighted by Crippen LogP contribution is 2.02. The molecule has 4 nitrogen and oxygen atoms in total. The van der Waals surface area contributed by atoms with Crippen molar-refractivity contribution in [2.75, 3.05) is 6.54 Å². The van der Waals surface area contributed by atoms with Crippen molar-refractivity contribution in [3.8, 4) is 0 Å². The van der Waals surface area contributed by atoms with Crippen LogP contribution in [0.2, 0.25) is 0 Å². The second-order valence-corrected chi connectivity index (χ2v) is 4.28. The predicted octanol–water partition coefficient (Wildman–Crippen LogP) is 2.40. The zero-order valence-corrected chi connectivity index (χ0v) is 10.4. The number of aromatic nitrogens is 3. The average Bonchev–Trinajstić information content (AvgIpc) is 2.77. The van der Waals surface area contributed by atoms with Crippen molar-refractivity contribution < 1.29 is 0 Å². The normalized spacial score (nSPS) is 11.1. The molecule has 0 aliphatic carbocycles. The van der Waals surface area contributed by atoms with E-state index in [1.165, 1.54) is 25.7 Å². The number of hydrogen-bond donors (Lipinski definition) is 1. The Kier molecular flexibility index (Phi) is 4.50. The Hall–Kier alpha value is -1.42. The summed E-state index contributed by atoms with van der Waals surface area (Å²) in [5.74, 6) is 0.982. The van der Waals surface area contributed by atoms with Gasteiger partial charge in [-0.2, -0.15) is 0 Å². The zero-order chi connectivity index (χ0) is 11.9. The number of nitrogens with one attached hydrogen (secondary N) is 1. The van der Waals surface area contributed by atoms with Gasteiger partial charge in [0.1, 0.15) is 0 Å². The average molecular weight is 232 g/mol. The van der Waals surface area contributed by atoms with Crippen LogP contribution in [-0.2, 0) is 6.54 Å². The van der Waals surface area contributed by atoms with Crippen molar-refractivity contribution in [1.29, 1.82) is 0 Å². The Morgan fingerprint density at radius 1 is 1.18 bits per heavy atom. The molecular weight excluding hydrogens is 212 g/mol. The second kappa shape index (κ2) is 6.35. The van der Waals surface area contributed by atoms with Crippen LogP contribution in [0.25, 0.3) is 5.65 Å². The lowest BCUT2D eigenvalue weighted by Gasteiger charge is -2.03. The Morgan fingerprint density at radius 3 is 3.00 bits per heavy atom. The molecule has 2 aromatic rings. The Labute approximate surface area is 102 Å². The Morgan fingerprint density at radius 2 is 2.12 bits per heavy atom. The lowest BCUT2D eigenvalue weighted by molar-refractivity contribution is 0.585. The van der Waals surface area contributed by atoms with E-state index < -0.39 is 0 Å². The fourth-order valence-corrected chi connectivity index (χ4v) is 1.89. The number of rotatable bonds is 7. The lowest BCUT2D eigenvalue weighted by Crippen LogP contribution is -2.16. The van der Waals surface area contributed by atoms with E-state index in [-0.39, 0.29) is 0 Å². The van der Waals surface area contributed by atoms with Gasteiger partial charge >= 0.3 is 0 Å². The van der Waals surface area contributed by atoms with Crippen LogP contribution < -0.4 is 5.32 Å². The maximum Gasteiger partial charge on any atom is 0.160 e. The van der Waals surface area contributed by atoms with Crippen LogP contribution in [0.5, 0.6) is 0 Å². The van der Waals surface area contributed by atoms with Gasteiger partial charge in [0.05, 0.1) is 6.54 Å². The van der Waals surface area contributed by atoms with Gasteiger partial charge < -0.3 is 5.32 Å². The molecule has 0 aromatic carbocycles. The van der Waals surface area contributed by atoms with Crippen molar-refractivity contribution in [1.82, 2.24) is 19.9 Å². The molecule has 0 spiro atoms. The smallest absolute Gasteiger partial charge is 0.160 e. The summed E-state index contributed by atoms with van der Waals surface area (Å²) in [4.78, 5) is 0. The van der Waals surface area contributed by atoms with E-state index in [0.29, 0.717) is 0 Å². The molecule has 4 heteroatoms. The van der Waals surface area contributed by atoms with E-state index in [4.69, 9.17) is 0 Å². The van der Waals surface area contributed by atoms with E-state index in [1.54, 1.807) is 0 Å². The molecule has 0 fully saturated rings. The number of fused-ring (bicyclic) bond motifs is 1. The van der Waals surface area contributed by atoms with Crippen LogP contribution in [0, 0.1) is 0 Å². The van der Waals surface area contributed by atoms with Crippen molar-refractivity contribution in [2.45, 2.75) is 39.2 Å². The molecule has 0 atom stereocenters. The second-order valence-electron chi connectivity index (χ2n) is 4.28. The molecule has 2 heterocycles. The van der Waals surface area contributed by atoms with E-state index in [1.807, 2.05) is 28.8 Å². The van der Waals surface area contributed by atoms with Crippen molar-refractivity contribution >= 4 is 5.65 Å². The molecule has 0 aliphatic rings. The minimum absolute atomic E-state index is 0.789. The number of hydrogen-bond acceptors (Lipinski definition) is 3. The highest BCUT2D eigenvalue weighted by Gasteiger charge is 2.02. The third kappa shape index (κ3) is 3.27. The monoisotopic (exact) mass is 232 g/mol. The zero-order valence-electron chi connectivity index (χ0n) is 10.4. The van der Waals surface area contributed by atoms with Gasteiger partial charge in [-0.15, -0.1) is 10.2 Å². The van der Waals surface area contributed by atoms with Gasteiger partial charge in [0.25, 0.3) is 0 Å². The molecule has 0 radical (unpaired) electrons. The molecule has 0 saturated heterocycles. The molecule has 0 unspecified atom stereocenters. The van der Waals surface area contributed by atoms with Gasteiger partial charge in [-0.3, -0.25) is 4.40 Å². The van der Waals surface area contributed by atoms with Gasteiger partial charge in [0, 0.05) is 6.20 Å². The number of nitrogens with zero attached hydrogens (tertiary/aromatic N) is 3. The molecule has 0 aliphatic heterocycles. The van der Waals surface area contributed by atoms with Gasteiger partial charge in [0.2, 0.25) is 0 Å². The maximum atomic E-state index is 4.18. The summed E-state index contributed by atoms with van der Waals surface area (Å²) in [6.45, 7) is 4.08. The number of unbranched alkanes of at least 4 members (excludes halogenated alkanes) is 3. The first-order valence-corrected chi connectivity index (χ1v) is 6.41. The van der Waals surface area contributed by atoms with E-state index in [9.17, 15) is 0 Å². The first kappa shape index (κ1) is 12.0. The number of pyridine rings is 1. The minimum atomic E-state index is 0.789. The van der Waals surface area contributed by atoms with Crippen molar-refractivity contribution in [2.24, 2.45) is 0 Å². The van der Waals surface area contributed by atoms with Gasteiger partial charge in [-0.25, -0.2) is 0 Å². The molecule has 0 bridgehead atoms. The Bertz CT molecular complexity index is 449. The first-order valence-electron chi connectivity index (χ1n) is 6.41. The van der Waals surface area contributed by atoms with Gasteiger partial charge in [0.15, 0.2) is 11.5 Å². The topological polar surface area (TPSA) is 42.2 Å². The van der Waals surface area contributed by atoms with Crippen LogP contribution in [-0.4, -0.2) is 21.1 Å². The lowest BCUT2D eigenvalue weighted by atomic mass is 10.2. The summed E-state index contributed by atoms with van der Waals surface area (Å²) in [7, 11) is 0. The van der Waals surface area contributed by atoms with Crippen LogP contribution in [0.15, 0.2) is 24.4 Å². The third-order valence-electron chi connectivity index (χ3n) is 2.87. The van der Waals surface area contributed by atoms with Crippen LogP contribution >= 0.6 is 0 Å². The molecule has 1 N–H and O–H groups in total. The summed E-state index contributed by atoms with van der Waals surface area (Å²) in [5, 5.41) is 11.7. The summed E-state index contributed by atoms with van der Waals surface area (Å²) in [6.07, 6.45) is 7.17. The predicted molar refractivity (Wildman–Crippen MR) is 68.8 cm³/mol. The molecule has 17 heavy (non-hydrogen) atoms. The van der Waals surface area contributed by atoms with Gasteiger partial charge in [-0.1, -0.05) is 32.3 Å². The molecule has 0 amide bonds. The quantitative estimate of drug-likeness (QED) is 0.745. The van der Waals surface area contributed by atoms with E-state index >= 15 is 0 Å². The van der Waals surface area contributed by atoms with Crippen LogP contribution in [0.4, 0.5) is 0 Å². The SMILES string of the molecule is CCCCCCNCc1nnc2ccccn12. The summed E-state index contributed by atoms with van der Waals surface area (Å²) < 4.78 is 2.03. The highest BCUT2D eigenvalue weighted by molar-refractivity contribution is 5.36. The van der Waals surface area contributed by atoms with Crippen LogP contribution in [0.1, 0.15) is 38.4 Å². The first-order chi connectivity index (χ1) is 8.42. The van der Waals surface area contributed by atoms with Gasteiger partial charge in [-0.05, 0) is 25.1 Å². The van der Waals surface area contributed by atoms with E-state index in [2.05, 4.69) is 22.4 Å². The summed E-state index contributed by atoms with van der Waals surface area (Å²) >= 11 is 0. The van der Waals surface area contributed by atoms with Crippen molar-refractivity contribution in [3.05, 3.63) is 30.2 Å². The van der Waals surface area contributed by atoms with E-state index in [0.717, 1.165) is 24.6 Å². The summed E-state index contributed by atoms with van der Waals surface area (Å²) in [5.41, 5.74) is 0.912. The highest BCUT2D eigenvalue weighted by atomic mass is 15.3. The van der Waals surface area contributed by atoms with Crippen molar-refractivity contribution in [3.63, 3.8) is 0 Å². The third-order valence-corrected chi connectivity index (χ3v) is 2.87. The summed E-state index contributed by atoms with van der Waals surface area (Å²) in [6, 6.07) is 5.95. The standard InChI is InChI=1S/C13H20N4/c1-2-3-4-6-9-14-11-13-16-15-12-8-5-7-10-17(12)13/h5,7-8,10,14H,2-4,6,9,11H2,1H3. The molecule has 92 valence electrons. The fourth-order valence-electron chi connectivity index (χ4n) is 1.89. The largest absolute Gasteiger partial charge is 0.310 e. The molecule has 2 aromatic heterocycles. The minimum Gasteiger partial charge on any atom is -0.310 e. The molecular formula is C13H20N4.